The van der Waals surface area contributed by atoms with E-state index in [1.807, 2.05) is 0 Å². The number of rotatable bonds is 1. The van der Waals surface area contributed by atoms with Gasteiger partial charge in [0, 0.05) is 22.8 Å². The molecule has 0 saturated carbocycles. The number of nitriles is 1. The first-order valence-electron chi connectivity index (χ1n) is 7.15. The normalized spacial score (nSPS) is 9.88. The molecule has 0 fully saturated rings. The van der Waals surface area contributed by atoms with E-state index < -0.39 is 5.82 Å². The molecule has 0 aliphatic rings. The zero-order valence-corrected chi connectivity index (χ0v) is 14.9. The maximum atomic E-state index is 13.3. The van der Waals surface area contributed by atoms with Gasteiger partial charge in [-0.2, -0.15) is 5.26 Å². The molecule has 0 amide bonds. The maximum Gasteiger partial charge on any atom is 0.147 e. The lowest BCUT2D eigenvalue weighted by Gasteiger charge is -2.05. The quantitative estimate of drug-likeness (QED) is 0.587. The molecule has 0 aliphatic heterocycles. The summed E-state index contributed by atoms with van der Waals surface area (Å²) in [5.74, 6) is -0.832. The minimum Gasteiger partial charge on any atom is -0.396 e. The summed E-state index contributed by atoms with van der Waals surface area (Å²) < 4.78 is 28.1. The minimum absolute atomic E-state index is 0.124. The molecule has 128 valence electrons. The van der Waals surface area contributed by atoms with Crippen molar-refractivity contribution in [2.45, 2.75) is 0 Å². The number of hydrogen-bond acceptors (Lipinski definition) is 3. The number of hydrogen-bond donors (Lipinski definition) is 2. The predicted octanol–water partition coefficient (Wildman–Crippen LogP) is 4.46. The number of nitrogen functional groups attached to an aromatic ring is 2. The Bertz CT molecular complexity index is 945. The molecule has 0 unspecified atom stereocenters. The molecule has 0 bridgehead atoms. The standard InChI is InChI=1S/C12H10FN3.C6H5BrFN/c1-16-9(7-14)3-5-12(16)8-2-4-11(15)10(13)6-8;7-4-1-2-6(9)5(8)3-4/h2-6H,15H2,1H3;1-3H,9H2. The van der Waals surface area contributed by atoms with E-state index in [2.05, 4.69) is 22.0 Å². The van der Waals surface area contributed by atoms with E-state index in [1.54, 1.807) is 35.9 Å². The van der Waals surface area contributed by atoms with Crippen LogP contribution >= 0.6 is 15.9 Å². The summed E-state index contributed by atoms with van der Waals surface area (Å²) in [5, 5.41) is 8.81. The number of aromatic nitrogens is 1. The highest BCUT2D eigenvalue weighted by Crippen LogP contribution is 2.24. The third-order valence-electron chi connectivity index (χ3n) is 3.50. The van der Waals surface area contributed by atoms with Gasteiger partial charge in [0.15, 0.2) is 0 Å². The Balaban J connectivity index is 0.000000212. The third-order valence-corrected chi connectivity index (χ3v) is 3.99. The molecule has 2 aromatic carbocycles. The number of benzene rings is 2. The van der Waals surface area contributed by atoms with Crippen molar-refractivity contribution in [2.75, 3.05) is 11.5 Å². The van der Waals surface area contributed by atoms with Crippen molar-refractivity contribution in [1.29, 1.82) is 5.26 Å². The highest BCUT2D eigenvalue weighted by Gasteiger charge is 2.08. The Labute approximate surface area is 152 Å². The SMILES string of the molecule is Cn1c(C#N)ccc1-c1ccc(N)c(F)c1.Nc1ccc(Br)cc1F. The molecule has 3 rings (SSSR count). The summed E-state index contributed by atoms with van der Waals surface area (Å²) in [7, 11) is 1.77. The average molecular weight is 405 g/mol. The van der Waals surface area contributed by atoms with Gasteiger partial charge in [-0.3, -0.25) is 0 Å². The third kappa shape index (κ3) is 4.37. The van der Waals surface area contributed by atoms with E-state index in [0.29, 0.717) is 15.7 Å². The fourth-order valence-electron chi connectivity index (χ4n) is 2.10. The molecular formula is C18H15BrF2N4. The van der Waals surface area contributed by atoms with Gasteiger partial charge in [-0.15, -0.1) is 0 Å². The van der Waals surface area contributed by atoms with E-state index in [0.717, 1.165) is 5.69 Å². The van der Waals surface area contributed by atoms with Crippen LogP contribution in [0.1, 0.15) is 5.69 Å². The van der Waals surface area contributed by atoms with Crippen LogP contribution in [0.3, 0.4) is 0 Å². The zero-order valence-electron chi connectivity index (χ0n) is 13.3. The van der Waals surface area contributed by atoms with Crippen LogP contribution in [0.15, 0.2) is 53.0 Å². The molecule has 7 heteroatoms. The molecule has 1 heterocycles. The lowest BCUT2D eigenvalue weighted by molar-refractivity contribution is 0.631. The second-order valence-electron chi connectivity index (χ2n) is 5.18. The Morgan fingerprint density at radius 2 is 1.56 bits per heavy atom. The Morgan fingerprint density at radius 1 is 0.960 bits per heavy atom. The number of nitrogens with zero attached hydrogens (tertiary/aromatic N) is 2. The fraction of sp³-hybridized carbons (Fsp3) is 0.0556. The Morgan fingerprint density at radius 3 is 2.04 bits per heavy atom. The maximum absolute atomic E-state index is 13.3. The van der Waals surface area contributed by atoms with E-state index >= 15 is 0 Å². The molecule has 4 nitrogen and oxygen atoms in total. The molecule has 0 radical (unpaired) electrons. The summed E-state index contributed by atoms with van der Waals surface area (Å²) in [6, 6.07) is 14.7. The van der Waals surface area contributed by atoms with Crippen molar-refractivity contribution in [2.24, 2.45) is 7.05 Å². The molecule has 0 spiro atoms. The second-order valence-corrected chi connectivity index (χ2v) is 6.09. The van der Waals surface area contributed by atoms with Crippen molar-refractivity contribution in [3.8, 4) is 17.3 Å². The lowest BCUT2D eigenvalue weighted by Crippen LogP contribution is -1.96. The van der Waals surface area contributed by atoms with Gasteiger partial charge in [-0.05, 0) is 42.5 Å². The number of halogens is 3. The van der Waals surface area contributed by atoms with Gasteiger partial charge >= 0.3 is 0 Å². The largest absolute Gasteiger partial charge is 0.396 e. The smallest absolute Gasteiger partial charge is 0.147 e. The van der Waals surface area contributed by atoms with Crippen LogP contribution in [-0.4, -0.2) is 4.57 Å². The molecule has 1 aromatic heterocycles. The van der Waals surface area contributed by atoms with Crippen LogP contribution in [0.2, 0.25) is 0 Å². The summed E-state index contributed by atoms with van der Waals surface area (Å²) in [5.41, 5.74) is 12.9. The van der Waals surface area contributed by atoms with Crippen molar-refractivity contribution in [3.63, 3.8) is 0 Å². The summed E-state index contributed by atoms with van der Waals surface area (Å²) in [6.07, 6.45) is 0. The first-order valence-corrected chi connectivity index (χ1v) is 7.94. The van der Waals surface area contributed by atoms with Crippen LogP contribution in [0.25, 0.3) is 11.3 Å². The fourth-order valence-corrected chi connectivity index (χ4v) is 2.43. The van der Waals surface area contributed by atoms with Gasteiger partial charge < -0.3 is 16.0 Å². The van der Waals surface area contributed by atoms with Crippen LogP contribution in [0.4, 0.5) is 20.2 Å². The van der Waals surface area contributed by atoms with Gasteiger partial charge in [0.05, 0.1) is 11.4 Å². The summed E-state index contributed by atoms with van der Waals surface area (Å²) in [4.78, 5) is 0. The van der Waals surface area contributed by atoms with Gasteiger partial charge in [0.2, 0.25) is 0 Å². The summed E-state index contributed by atoms with van der Waals surface area (Å²) in [6.45, 7) is 0. The van der Waals surface area contributed by atoms with E-state index in [4.69, 9.17) is 16.7 Å². The molecule has 3 aromatic rings. The zero-order chi connectivity index (χ0) is 18.6. The van der Waals surface area contributed by atoms with Gasteiger partial charge in [-0.1, -0.05) is 22.0 Å². The van der Waals surface area contributed by atoms with Crippen LogP contribution in [0, 0.1) is 23.0 Å². The first kappa shape index (κ1) is 18.5. The van der Waals surface area contributed by atoms with Crippen LogP contribution < -0.4 is 11.5 Å². The number of anilines is 2. The molecule has 25 heavy (non-hydrogen) atoms. The van der Waals surface area contributed by atoms with E-state index in [1.165, 1.54) is 24.3 Å². The van der Waals surface area contributed by atoms with E-state index in [-0.39, 0.29) is 17.2 Å². The minimum atomic E-state index is -0.447. The lowest BCUT2D eigenvalue weighted by atomic mass is 10.1. The highest BCUT2D eigenvalue weighted by atomic mass is 79.9. The van der Waals surface area contributed by atoms with Gasteiger partial charge in [0.1, 0.15) is 23.4 Å². The molecule has 0 aliphatic carbocycles. The number of nitrogens with two attached hydrogens (primary N) is 2. The van der Waals surface area contributed by atoms with Crippen LogP contribution in [0.5, 0.6) is 0 Å². The average Bonchev–Trinajstić information content (AvgIpc) is 2.95. The Kier molecular flexibility index (Phi) is 5.78. The van der Waals surface area contributed by atoms with Crippen molar-refractivity contribution in [1.82, 2.24) is 4.57 Å². The second kappa shape index (κ2) is 7.81. The van der Waals surface area contributed by atoms with Crippen LogP contribution in [-0.2, 0) is 7.05 Å². The topological polar surface area (TPSA) is 80.8 Å². The van der Waals surface area contributed by atoms with Crippen molar-refractivity contribution >= 4 is 27.3 Å². The predicted molar refractivity (Wildman–Crippen MR) is 98.4 cm³/mol. The monoisotopic (exact) mass is 404 g/mol. The van der Waals surface area contributed by atoms with Gasteiger partial charge in [-0.25, -0.2) is 8.78 Å². The Hall–Kier alpha value is -2.85. The van der Waals surface area contributed by atoms with E-state index in [9.17, 15) is 8.78 Å². The summed E-state index contributed by atoms with van der Waals surface area (Å²) >= 11 is 3.10. The molecule has 4 N–H and O–H groups in total. The van der Waals surface area contributed by atoms with Gasteiger partial charge in [0.25, 0.3) is 0 Å². The van der Waals surface area contributed by atoms with Crippen molar-refractivity contribution in [3.05, 3.63) is 70.3 Å². The van der Waals surface area contributed by atoms with Crippen molar-refractivity contribution < 1.29 is 8.78 Å². The molecular weight excluding hydrogens is 390 g/mol. The highest BCUT2D eigenvalue weighted by molar-refractivity contribution is 9.10. The first-order chi connectivity index (χ1) is 11.8. The molecule has 0 atom stereocenters. The molecule has 0 saturated heterocycles.